The molecule has 14 heavy (non-hydrogen) atoms. The molecule has 1 saturated heterocycles. The van der Waals surface area contributed by atoms with Gasteiger partial charge in [0.2, 0.25) is 0 Å². The van der Waals surface area contributed by atoms with Crippen LogP contribution in [0.15, 0.2) is 0 Å². The van der Waals surface area contributed by atoms with E-state index in [0.29, 0.717) is 6.61 Å². The quantitative estimate of drug-likeness (QED) is 0.720. The Morgan fingerprint density at radius 1 is 1.07 bits per heavy atom. The predicted octanol–water partition coefficient (Wildman–Crippen LogP) is 1.78. The summed E-state index contributed by atoms with van der Waals surface area (Å²) in [6.45, 7) is 2.78. The van der Waals surface area contributed by atoms with Gasteiger partial charge >= 0.3 is 0 Å². The zero-order valence-corrected chi connectivity index (χ0v) is 9.04. The predicted molar refractivity (Wildman–Crippen MR) is 58.1 cm³/mol. The summed E-state index contributed by atoms with van der Waals surface area (Å²) in [5.74, 6) is 2.68. The standard InChI is InChI=1S/C12H23NO/c14-9-6-12(10-2-1-3-10)11-4-7-13-8-5-11/h10-14H,1-9H2. The zero-order valence-electron chi connectivity index (χ0n) is 9.04. The van der Waals surface area contributed by atoms with Crippen molar-refractivity contribution in [2.75, 3.05) is 19.7 Å². The van der Waals surface area contributed by atoms with Crippen LogP contribution in [0.2, 0.25) is 0 Å². The first-order valence-corrected chi connectivity index (χ1v) is 6.23. The molecule has 1 saturated carbocycles. The first kappa shape index (κ1) is 10.4. The minimum Gasteiger partial charge on any atom is -0.396 e. The Bertz CT molecular complexity index is 162. The number of hydrogen-bond donors (Lipinski definition) is 2. The largest absolute Gasteiger partial charge is 0.396 e. The first-order valence-electron chi connectivity index (χ1n) is 6.23. The minimum absolute atomic E-state index is 0.394. The van der Waals surface area contributed by atoms with Gasteiger partial charge in [0, 0.05) is 6.61 Å². The summed E-state index contributed by atoms with van der Waals surface area (Å²) in [6.07, 6.45) is 8.00. The lowest BCUT2D eigenvalue weighted by Crippen LogP contribution is -2.36. The van der Waals surface area contributed by atoms with Crippen LogP contribution in [0, 0.1) is 17.8 Å². The van der Waals surface area contributed by atoms with E-state index in [9.17, 15) is 0 Å². The lowest BCUT2D eigenvalue weighted by Gasteiger charge is -2.40. The number of aliphatic hydroxyl groups excluding tert-OH is 1. The van der Waals surface area contributed by atoms with Crippen molar-refractivity contribution >= 4 is 0 Å². The molecule has 82 valence electrons. The molecule has 0 amide bonds. The summed E-state index contributed by atoms with van der Waals surface area (Å²) < 4.78 is 0. The molecule has 2 aliphatic rings. The van der Waals surface area contributed by atoms with Crippen molar-refractivity contribution in [2.24, 2.45) is 17.8 Å². The number of aliphatic hydroxyl groups is 1. The van der Waals surface area contributed by atoms with Crippen molar-refractivity contribution in [3.63, 3.8) is 0 Å². The second kappa shape index (κ2) is 5.13. The van der Waals surface area contributed by atoms with Crippen LogP contribution in [0.4, 0.5) is 0 Å². The van der Waals surface area contributed by atoms with Crippen LogP contribution in [-0.2, 0) is 0 Å². The molecule has 0 bridgehead atoms. The summed E-state index contributed by atoms with van der Waals surface area (Å²) in [7, 11) is 0. The van der Waals surface area contributed by atoms with Crippen molar-refractivity contribution in [3.05, 3.63) is 0 Å². The molecule has 0 radical (unpaired) electrons. The first-order chi connectivity index (χ1) is 6.92. The van der Waals surface area contributed by atoms with Gasteiger partial charge in [-0.05, 0) is 50.1 Å². The average molecular weight is 197 g/mol. The molecule has 1 aliphatic carbocycles. The highest BCUT2D eigenvalue weighted by Crippen LogP contribution is 2.41. The van der Waals surface area contributed by atoms with Crippen molar-refractivity contribution in [3.8, 4) is 0 Å². The van der Waals surface area contributed by atoms with Gasteiger partial charge in [-0.2, -0.15) is 0 Å². The molecule has 1 atom stereocenters. The smallest absolute Gasteiger partial charge is 0.0433 e. The van der Waals surface area contributed by atoms with E-state index >= 15 is 0 Å². The molecule has 1 unspecified atom stereocenters. The van der Waals surface area contributed by atoms with E-state index in [2.05, 4.69) is 5.32 Å². The molecule has 0 aromatic heterocycles. The Hall–Kier alpha value is -0.0800. The van der Waals surface area contributed by atoms with Crippen LogP contribution >= 0.6 is 0 Å². The van der Waals surface area contributed by atoms with Gasteiger partial charge in [0.05, 0.1) is 0 Å². The topological polar surface area (TPSA) is 32.3 Å². The van der Waals surface area contributed by atoms with Gasteiger partial charge in [0.25, 0.3) is 0 Å². The second-order valence-electron chi connectivity index (χ2n) is 4.95. The van der Waals surface area contributed by atoms with Gasteiger partial charge in [-0.25, -0.2) is 0 Å². The van der Waals surface area contributed by atoms with Gasteiger partial charge in [-0.15, -0.1) is 0 Å². The second-order valence-corrected chi connectivity index (χ2v) is 4.95. The highest BCUT2D eigenvalue weighted by molar-refractivity contribution is 4.84. The van der Waals surface area contributed by atoms with Crippen molar-refractivity contribution in [1.82, 2.24) is 5.32 Å². The molecule has 2 heteroatoms. The highest BCUT2D eigenvalue weighted by Gasteiger charge is 2.33. The van der Waals surface area contributed by atoms with Crippen LogP contribution in [0.1, 0.15) is 38.5 Å². The van der Waals surface area contributed by atoms with E-state index in [-0.39, 0.29) is 0 Å². The number of nitrogens with one attached hydrogen (secondary N) is 1. The SMILES string of the molecule is OCCC(C1CCC1)C1CCNCC1. The number of rotatable bonds is 4. The number of piperidine rings is 1. The summed E-state index contributed by atoms with van der Waals surface area (Å²) in [4.78, 5) is 0. The van der Waals surface area contributed by atoms with E-state index in [1.165, 1.54) is 45.2 Å². The summed E-state index contributed by atoms with van der Waals surface area (Å²) in [5, 5.41) is 12.5. The Morgan fingerprint density at radius 3 is 2.21 bits per heavy atom. The van der Waals surface area contributed by atoms with Gasteiger partial charge in [-0.3, -0.25) is 0 Å². The maximum absolute atomic E-state index is 9.12. The molecule has 0 aromatic rings. The van der Waals surface area contributed by atoms with Crippen LogP contribution in [0.3, 0.4) is 0 Å². The zero-order chi connectivity index (χ0) is 9.80. The third-order valence-corrected chi connectivity index (χ3v) is 4.21. The molecule has 2 N–H and O–H groups in total. The number of hydrogen-bond acceptors (Lipinski definition) is 2. The summed E-state index contributed by atoms with van der Waals surface area (Å²) in [5.41, 5.74) is 0. The summed E-state index contributed by atoms with van der Waals surface area (Å²) >= 11 is 0. The van der Waals surface area contributed by atoms with Crippen LogP contribution < -0.4 is 5.32 Å². The van der Waals surface area contributed by atoms with E-state index < -0.39 is 0 Å². The maximum Gasteiger partial charge on any atom is 0.0433 e. The van der Waals surface area contributed by atoms with Gasteiger partial charge < -0.3 is 10.4 Å². The van der Waals surface area contributed by atoms with Crippen molar-refractivity contribution in [1.29, 1.82) is 0 Å². The molecule has 1 heterocycles. The fraction of sp³-hybridized carbons (Fsp3) is 1.00. The highest BCUT2D eigenvalue weighted by atomic mass is 16.3. The molecular weight excluding hydrogens is 174 g/mol. The fourth-order valence-corrected chi connectivity index (χ4v) is 3.15. The van der Waals surface area contributed by atoms with Gasteiger partial charge in [0.15, 0.2) is 0 Å². The normalized spacial score (nSPS) is 27.2. The Morgan fingerprint density at radius 2 is 1.71 bits per heavy atom. The third kappa shape index (κ3) is 2.29. The van der Waals surface area contributed by atoms with Gasteiger partial charge in [-0.1, -0.05) is 19.3 Å². The van der Waals surface area contributed by atoms with Crippen LogP contribution in [0.25, 0.3) is 0 Å². The Labute approximate surface area is 87.1 Å². The maximum atomic E-state index is 9.12. The van der Waals surface area contributed by atoms with Crippen LogP contribution in [0.5, 0.6) is 0 Å². The van der Waals surface area contributed by atoms with E-state index in [0.717, 1.165) is 24.2 Å². The monoisotopic (exact) mass is 197 g/mol. The Kier molecular flexibility index (Phi) is 3.82. The van der Waals surface area contributed by atoms with Crippen LogP contribution in [-0.4, -0.2) is 24.8 Å². The lowest BCUT2D eigenvalue weighted by molar-refractivity contribution is 0.0928. The molecule has 0 spiro atoms. The fourth-order valence-electron chi connectivity index (χ4n) is 3.15. The minimum atomic E-state index is 0.394. The van der Waals surface area contributed by atoms with E-state index in [1.54, 1.807) is 0 Å². The van der Waals surface area contributed by atoms with Gasteiger partial charge in [0.1, 0.15) is 0 Å². The molecule has 0 aromatic carbocycles. The molecule has 2 fully saturated rings. The third-order valence-electron chi connectivity index (χ3n) is 4.21. The Balaban J connectivity index is 1.86. The molecule has 2 rings (SSSR count). The van der Waals surface area contributed by atoms with E-state index in [1.807, 2.05) is 0 Å². The van der Waals surface area contributed by atoms with Crippen molar-refractivity contribution < 1.29 is 5.11 Å². The van der Waals surface area contributed by atoms with Crippen molar-refractivity contribution in [2.45, 2.75) is 38.5 Å². The lowest BCUT2D eigenvalue weighted by atomic mass is 9.67. The molecule has 1 aliphatic heterocycles. The average Bonchev–Trinajstić information content (AvgIpc) is 2.16. The molecule has 2 nitrogen and oxygen atoms in total. The summed E-state index contributed by atoms with van der Waals surface area (Å²) in [6, 6.07) is 0. The molecular formula is C12H23NO. The van der Waals surface area contributed by atoms with E-state index in [4.69, 9.17) is 5.11 Å².